The van der Waals surface area contributed by atoms with Crippen molar-refractivity contribution in [3.63, 3.8) is 0 Å². The molecular formula is C20H13Cl4N5O3. The Balaban J connectivity index is 1.66. The molecule has 0 bridgehead atoms. The Morgan fingerprint density at radius 1 is 1.03 bits per heavy atom. The summed E-state index contributed by atoms with van der Waals surface area (Å²) in [7, 11) is 0. The fraction of sp³-hybridized carbons (Fsp3) is 0.100. The fourth-order valence-corrected chi connectivity index (χ4v) is 4.00. The van der Waals surface area contributed by atoms with Crippen LogP contribution in [0.2, 0.25) is 20.1 Å². The maximum absolute atomic E-state index is 12.9. The Bertz CT molecular complexity index is 1310. The lowest BCUT2D eigenvalue weighted by Crippen LogP contribution is -2.36. The number of nitrogens with one attached hydrogen (secondary N) is 4. The number of H-pyrrole nitrogens is 1. The summed E-state index contributed by atoms with van der Waals surface area (Å²) >= 11 is 24.1. The first-order chi connectivity index (χ1) is 15.2. The molecule has 0 radical (unpaired) electrons. The topological polar surface area (TPSA) is 116 Å². The second-order valence-corrected chi connectivity index (χ2v) is 8.45. The van der Waals surface area contributed by atoms with Gasteiger partial charge in [0.15, 0.2) is 0 Å². The summed E-state index contributed by atoms with van der Waals surface area (Å²) in [5.41, 5.74) is 0.121. The van der Waals surface area contributed by atoms with Gasteiger partial charge in [0.25, 0.3) is 5.56 Å². The van der Waals surface area contributed by atoms with Crippen LogP contribution < -0.4 is 21.5 Å². The predicted molar refractivity (Wildman–Crippen MR) is 126 cm³/mol. The molecule has 1 aliphatic heterocycles. The quantitative estimate of drug-likeness (QED) is 0.383. The Kier molecular flexibility index (Phi) is 6.30. The largest absolute Gasteiger partial charge is 0.324 e. The van der Waals surface area contributed by atoms with Crippen LogP contribution in [0, 0.1) is 0 Å². The van der Waals surface area contributed by atoms with Crippen molar-refractivity contribution >= 4 is 81.4 Å². The van der Waals surface area contributed by atoms with Crippen molar-refractivity contribution in [1.29, 1.82) is 0 Å². The summed E-state index contributed by atoms with van der Waals surface area (Å²) < 4.78 is 0. The minimum atomic E-state index is -1.08. The van der Waals surface area contributed by atoms with Crippen molar-refractivity contribution in [1.82, 2.24) is 9.97 Å². The van der Waals surface area contributed by atoms with Crippen LogP contribution in [0.3, 0.4) is 0 Å². The second-order valence-electron chi connectivity index (χ2n) is 6.82. The fourth-order valence-electron chi connectivity index (χ4n) is 3.19. The molecular weight excluding hydrogens is 500 g/mol. The van der Waals surface area contributed by atoms with Crippen molar-refractivity contribution in [3.8, 4) is 0 Å². The van der Waals surface area contributed by atoms with Crippen LogP contribution in [-0.2, 0) is 9.59 Å². The number of anilines is 4. The Hall–Kier alpha value is -2.78. The van der Waals surface area contributed by atoms with E-state index in [0.29, 0.717) is 15.7 Å². The number of amides is 2. The van der Waals surface area contributed by atoms with Crippen molar-refractivity contribution in [2.24, 2.45) is 0 Å². The van der Waals surface area contributed by atoms with Gasteiger partial charge in [-0.15, -0.1) is 0 Å². The molecule has 8 nitrogen and oxygen atoms in total. The zero-order valence-electron chi connectivity index (χ0n) is 15.9. The van der Waals surface area contributed by atoms with Crippen LogP contribution in [0.1, 0.15) is 17.9 Å². The van der Waals surface area contributed by atoms with E-state index in [4.69, 9.17) is 46.4 Å². The highest BCUT2D eigenvalue weighted by atomic mass is 35.5. The number of benzene rings is 2. The Morgan fingerprint density at radius 2 is 1.81 bits per heavy atom. The molecule has 4 rings (SSSR count). The first-order valence-corrected chi connectivity index (χ1v) is 10.6. The maximum atomic E-state index is 12.9. The summed E-state index contributed by atoms with van der Waals surface area (Å²) in [5, 5.41) is 9.15. The van der Waals surface area contributed by atoms with Gasteiger partial charge < -0.3 is 16.0 Å². The highest BCUT2D eigenvalue weighted by Crippen LogP contribution is 2.34. The van der Waals surface area contributed by atoms with E-state index in [1.807, 2.05) is 0 Å². The molecule has 0 saturated heterocycles. The van der Waals surface area contributed by atoms with Crippen LogP contribution in [0.5, 0.6) is 0 Å². The van der Waals surface area contributed by atoms with Crippen molar-refractivity contribution < 1.29 is 9.59 Å². The number of hydrogen-bond acceptors (Lipinski definition) is 5. The Morgan fingerprint density at radius 3 is 2.56 bits per heavy atom. The summed E-state index contributed by atoms with van der Waals surface area (Å²) in [5.74, 6) is -2.16. The lowest BCUT2D eigenvalue weighted by molar-refractivity contribution is -0.123. The average Bonchev–Trinajstić information content (AvgIpc) is 2.72. The molecule has 32 heavy (non-hydrogen) atoms. The monoisotopic (exact) mass is 511 g/mol. The highest BCUT2D eigenvalue weighted by Gasteiger charge is 2.35. The van der Waals surface area contributed by atoms with Crippen LogP contribution in [0.4, 0.5) is 23.1 Å². The average molecular weight is 513 g/mol. The van der Waals surface area contributed by atoms with E-state index in [0.717, 1.165) is 0 Å². The zero-order valence-corrected chi connectivity index (χ0v) is 19.0. The summed E-state index contributed by atoms with van der Waals surface area (Å²) in [4.78, 5) is 44.8. The lowest BCUT2D eigenvalue weighted by atomic mass is 9.92. The lowest BCUT2D eigenvalue weighted by Gasteiger charge is -2.24. The summed E-state index contributed by atoms with van der Waals surface area (Å²) in [6.45, 7) is 0. The van der Waals surface area contributed by atoms with E-state index in [9.17, 15) is 14.4 Å². The van der Waals surface area contributed by atoms with Gasteiger partial charge in [-0.3, -0.25) is 19.4 Å². The van der Waals surface area contributed by atoms with E-state index < -0.39 is 23.3 Å². The maximum Gasteiger partial charge on any atom is 0.258 e. The molecule has 0 aliphatic carbocycles. The number of nitrogens with zero attached hydrogens (tertiary/aromatic N) is 1. The minimum Gasteiger partial charge on any atom is -0.324 e. The molecule has 2 aromatic carbocycles. The van der Waals surface area contributed by atoms with Crippen molar-refractivity contribution in [2.45, 2.75) is 12.3 Å². The van der Waals surface area contributed by atoms with Gasteiger partial charge in [-0.2, -0.15) is 4.98 Å². The van der Waals surface area contributed by atoms with Gasteiger partial charge in [0.1, 0.15) is 5.82 Å². The molecule has 1 atom stereocenters. The molecule has 4 N–H and O–H groups in total. The second kappa shape index (κ2) is 8.99. The van der Waals surface area contributed by atoms with E-state index in [-0.39, 0.29) is 39.5 Å². The molecule has 1 aromatic heterocycles. The van der Waals surface area contributed by atoms with Gasteiger partial charge in [-0.1, -0.05) is 52.5 Å². The normalized spacial score (nSPS) is 15.0. The van der Waals surface area contributed by atoms with Gasteiger partial charge in [0.05, 0.1) is 37.9 Å². The number of fused-ring (bicyclic) bond motifs is 1. The van der Waals surface area contributed by atoms with Crippen LogP contribution in [0.15, 0.2) is 41.2 Å². The highest BCUT2D eigenvalue weighted by molar-refractivity contribution is 6.44. The van der Waals surface area contributed by atoms with E-state index in [1.165, 1.54) is 6.07 Å². The standard InChI is InChI=1S/C20H13Cl4N5O3/c21-8-4-5-12(11(23)6-8)26-20-28-17-15(19(32)29-20)9(7-14(30)27-17)18(31)25-13-3-1-2-10(22)16(13)24/h1-6,9H,7H2,(H,25,31)(H3,26,27,28,29,30,32). The number of carbonyl (C=O) groups excluding carboxylic acids is 2. The molecule has 0 fully saturated rings. The molecule has 1 aliphatic rings. The first-order valence-electron chi connectivity index (χ1n) is 9.14. The molecule has 12 heteroatoms. The number of hydrogen-bond donors (Lipinski definition) is 4. The minimum absolute atomic E-state index is 0.0213. The third-order valence-electron chi connectivity index (χ3n) is 4.66. The SMILES string of the molecule is O=C1CC(C(=O)Nc2cccc(Cl)c2Cl)c2c(nc(Nc3ccc(Cl)cc3Cl)[nH]c2=O)N1. The summed E-state index contributed by atoms with van der Waals surface area (Å²) in [6.07, 6.45) is -0.239. The molecule has 0 spiro atoms. The number of aromatic amines is 1. The third kappa shape index (κ3) is 4.54. The molecule has 164 valence electrons. The van der Waals surface area contributed by atoms with Crippen molar-refractivity contribution in [2.75, 3.05) is 16.0 Å². The van der Waals surface area contributed by atoms with E-state index >= 15 is 0 Å². The van der Waals surface area contributed by atoms with Crippen LogP contribution in [0.25, 0.3) is 0 Å². The van der Waals surface area contributed by atoms with Gasteiger partial charge in [0.2, 0.25) is 17.8 Å². The molecule has 1 unspecified atom stereocenters. The van der Waals surface area contributed by atoms with Crippen LogP contribution in [-0.4, -0.2) is 21.8 Å². The number of aromatic nitrogens is 2. The van der Waals surface area contributed by atoms with Crippen molar-refractivity contribution in [3.05, 3.63) is 72.4 Å². The predicted octanol–water partition coefficient (Wildman–Crippen LogP) is 5.19. The van der Waals surface area contributed by atoms with Gasteiger partial charge in [-0.25, -0.2) is 0 Å². The third-order valence-corrected chi connectivity index (χ3v) is 6.03. The molecule has 0 saturated carbocycles. The van der Waals surface area contributed by atoms with Gasteiger partial charge >= 0.3 is 0 Å². The molecule has 2 heterocycles. The van der Waals surface area contributed by atoms with Gasteiger partial charge in [0, 0.05) is 11.4 Å². The van der Waals surface area contributed by atoms with Crippen LogP contribution >= 0.6 is 46.4 Å². The number of carbonyl (C=O) groups is 2. The van der Waals surface area contributed by atoms with E-state index in [2.05, 4.69) is 25.9 Å². The molecule has 3 aromatic rings. The Labute approximate surface area is 201 Å². The molecule has 2 amide bonds. The zero-order chi connectivity index (χ0) is 23.0. The number of halogens is 4. The smallest absolute Gasteiger partial charge is 0.258 e. The number of rotatable bonds is 4. The van der Waals surface area contributed by atoms with Gasteiger partial charge in [-0.05, 0) is 30.3 Å². The first kappa shape index (κ1) is 22.4. The summed E-state index contributed by atoms with van der Waals surface area (Å²) in [6, 6.07) is 9.47. The van der Waals surface area contributed by atoms with E-state index in [1.54, 1.807) is 30.3 Å².